The van der Waals surface area contributed by atoms with Crippen LogP contribution in [-0.4, -0.2) is 11.3 Å². The summed E-state index contributed by atoms with van der Waals surface area (Å²) >= 11 is 2.96. The molecule has 0 fully saturated rings. The number of carbonyl (C=O) groups is 1. The van der Waals surface area contributed by atoms with Gasteiger partial charge in [0.15, 0.2) is 0 Å². The van der Waals surface area contributed by atoms with E-state index in [4.69, 9.17) is 4.52 Å². The molecule has 0 spiro atoms. The third-order valence-electron chi connectivity index (χ3n) is 0.316. The highest BCUT2D eigenvalue weighted by Gasteiger charge is 2.00. The second-order valence-electron chi connectivity index (χ2n) is 0.957. The van der Waals surface area contributed by atoms with Crippen LogP contribution in [0.1, 0.15) is 0 Å². The van der Waals surface area contributed by atoms with Crippen molar-refractivity contribution in [1.82, 2.24) is 0 Å². The number of halogens is 1. The lowest BCUT2D eigenvalue weighted by atomic mass is 10.8. The Labute approximate surface area is 62.3 Å². The zero-order valence-corrected chi connectivity index (χ0v) is 8.79. The van der Waals surface area contributed by atoms with E-state index >= 15 is 0 Å². The summed E-state index contributed by atoms with van der Waals surface area (Å²) in [6.07, 6.45) is 0. The summed E-state index contributed by atoms with van der Waals surface area (Å²) in [6.45, 7) is 0. The standard InChI is InChI=1S/C2H6BrO2P3/c3-1-2(4)5-8(6)7/h1,6-7H2. The summed E-state index contributed by atoms with van der Waals surface area (Å²) in [7, 11) is 4.10. The number of alkyl halides is 1. The van der Waals surface area contributed by atoms with Gasteiger partial charge in [0, 0.05) is 0 Å². The first-order valence-electron chi connectivity index (χ1n) is 1.73. The first kappa shape index (κ1) is 9.24. The molecule has 0 aromatic carbocycles. The molecule has 2 unspecified atom stereocenters. The van der Waals surface area contributed by atoms with Crippen molar-refractivity contribution < 1.29 is 9.32 Å². The van der Waals surface area contributed by atoms with Crippen LogP contribution in [0.5, 0.6) is 0 Å². The third-order valence-corrected chi connectivity index (χ3v) is 1.82. The van der Waals surface area contributed by atoms with Crippen LogP contribution < -0.4 is 0 Å². The Morgan fingerprint density at radius 3 is 2.38 bits per heavy atom. The van der Waals surface area contributed by atoms with Gasteiger partial charge in [0.1, 0.15) is 12.9 Å². The second-order valence-corrected chi connectivity index (χ2v) is 7.26. The van der Waals surface area contributed by atoms with E-state index in [1.807, 2.05) is 0 Å². The largest absolute Gasteiger partial charge is 0.436 e. The fraction of sp³-hybridized carbons (Fsp3) is 0.500. The fourth-order valence-electron chi connectivity index (χ4n) is 0.142. The van der Waals surface area contributed by atoms with Crippen molar-refractivity contribution in [3.63, 3.8) is 0 Å². The molecule has 0 aromatic heterocycles. The maximum Gasteiger partial charge on any atom is 0.319 e. The van der Waals surface area contributed by atoms with Crippen molar-refractivity contribution in [1.29, 1.82) is 0 Å². The second kappa shape index (κ2) is 5.06. The van der Waals surface area contributed by atoms with Gasteiger partial charge in [0.05, 0.1) is 0 Å². The Bertz CT molecular complexity index is 85.4. The van der Waals surface area contributed by atoms with Gasteiger partial charge in [-0.2, -0.15) is 0 Å². The fourth-order valence-corrected chi connectivity index (χ4v) is 1.44. The van der Waals surface area contributed by atoms with Gasteiger partial charge in [0.2, 0.25) is 0 Å². The number of carbonyl (C=O) groups excluding carboxylic acids is 1. The highest BCUT2D eigenvalue weighted by atomic mass is 79.9. The Morgan fingerprint density at radius 1 is 1.75 bits per heavy atom. The van der Waals surface area contributed by atoms with Crippen molar-refractivity contribution in [3.05, 3.63) is 0 Å². The van der Waals surface area contributed by atoms with E-state index in [1.165, 1.54) is 0 Å². The molecular weight excluding hydrogens is 229 g/mol. The minimum absolute atomic E-state index is 0.221. The van der Waals surface area contributed by atoms with E-state index in [-0.39, 0.29) is 11.3 Å². The normalized spacial score (nSPS) is 9.50. The molecule has 0 aliphatic carbocycles. The van der Waals surface area contributed by atoms with Crippen LogP contribution in [0.25, 0.3) is 0 Å². The van der Waals surface area contributed by atoms with Gasteiger partial charge in [-0.15, -0.1) is 0 Å². The quantitative estimate of drug-likeness (QED) is 0.539. The van der Waals surface area contributed by atoms with Gasteiger partial charge in [-0.05, 0) is 0 Å². The van der Waals surface area contributed by atoms with Gasteiger partial charge in [-0.1, -0.05) is 33.8 Å². The molecule has 0 saturated heterocycles. The molecule has 2 atom stereocenters. The summed E-state index contributed by atoms with van der Waals surface area (Å²) in [5, 5.41) is 0.272. The van der Waals surface area contributed by atoms with E-state index in [0.717, 1.165) is 0 Å². The monoisotopic (exact) mass is 234 g/mol. The molecule has 0 amide bonds. The zero-order chi connectivity index (χ0) is 6.57. The highest BCUT2D eigenvalue weighted by Crippen LogP contribution is 2.53. The molecule has 8 heavy (non-hydrogen) atoms. The van der Waals surface area contributed by atoms with Crippen molar-refractivity contribution in [2.45, 2.75) is 0 Å². The minimum atomic E-state index is -0.692. The van der Waals surface area contributed by atoms with Crippen molar-refractivity contribution in [2.75, 3.05) is 5.33 Å². The molecule has 0 aromatic rings. The molecule has 0 aliphatic heterocycles. The van der Waals surface area contributed by atoms with Crippen LogP contribution in [0.3, 0.4) is 0 Å². The average Bonchev–Trinajstić information content (AvgIpc) is 1.65. The number of hydrogen-bond acceptors (Lipinski definition) is 2. The molecule has 0 saturated carbocycles. The minimum Gasteiger partial charge on any atom is -0.436 e. The van der Waals surface area contributed by atoms with Crippen molar-refractivity contribution in [3.8, 4) is 0 Å². The first-order chi connectivity index (χ1) is 3.66. The summed E-state index contributed by atoms with van der Waals surface area (Å²) in [5.74, 6) is -0.221. The van der Waals surface area contributed by atoms with Crippen molar-refractivity contribution in [2.24, 2.45) is 0 Å². The Morgan fingerprint density at radius 2 is 2.25 bits per heavy atom. The van der Waals surface area contributed by atoms with E-state index in [1.54, 1.807) is 0 Å². The lowest BCUT2D eigenvalue weighted by Gasteiger charge is -2.02. The molecule has 48 valence electrons. The van der Waals surface area contributed by atoms with Gasteiger partial charge in [0.25, 0.3) is 0 Å². The number of rotatable bonds is 2. The number of hydrogen-bond donors (Lipinski definition) is 0. The molecule has 0 bridgehead atoms. The molecule has 0 radical (unpaired) electrons. The molecule has 0 rings (SSSR count). The molecule has 6 heteroatoms. The van der Waals surface area contributed by atoms with Crippen LogP contribution in [0, 0.1) is 0 Å². The van der Waals surface area contributed by atoms with E-state index < -0.39 is 7.53 Å². The Balaban J connectivity index is 3.25. The lowest BCUT2D eigenvalue weighted by molar-refractivity contribution is -0.130. The zero-order valence-electron chi connectivity index (χ0n) is 4.00. The third kappa shape index (κ3) is 5.38. The van der Waals surface area contributed by atoms with E-state index in [0.29, 0.717) is 0 Å². The molecule has 0 N–H and O–H groups in total. The van der Waals surface area contributed by atoms with E-state index in [2.05, 4.69) is 33.8 Å². The van der Waals surface area contributed by atoms with Crippen LogP contribution in [0.4, 0.5) is 0 Å². The topological polar surface area (TPSA) is 26.3 Å². The highest BCUT2D eigenvalue weighted by molar-refractivity contribution is 9.09. The Kier molecular flexibility index (Phi) is 5.84. The SMILES string of the molecule is O=C(CBr)OP(P)P. The van der Waals surface area contributed by atoms with Crippen LogP contribution >= 0.6 is 41.3 Å². The summed E-state index contributed by atoms with van der Waals surface area (Å²) in [5.41, 5.74) is 0. The van der Waals surface area contributed by atoms with E-state index in [9.17, 15) is 4.79 Å². The smallest absolute Gasteiger partial charge is 0.319 e. The Hall–Kier alpha value is 1.24. The van der Waals surface area contributed by atoms with Crippen LogP contribution in [0.15, 0.2) is 0 Å². The summed E-state index contributed by atoms with van der Waals surface area (Å²) < 4.78 is 4.70. The molecule has 0 aliphatic rings. The van der Waals surface area contributed by atoms with Gasteiger partial charge < -0.3 is 4.52 Å². The summed E-state index contributed by atoms with van der Waals surface area (Å²) in [6, 6.07) is 0. The van der Waals surface area contributed by atoms with Gasteiger partial charge in [-0.3, -0.25) is 4.79 Å². The molecule has 0 heterocycles. The maximum absolute atomic E-state index is 10.3. The molecule has 2 nitrogen and oxygen atoms in total. The predicted molar refractivity (Wildman–Crippen MR) is 46.2 cm³/mol. The first-order valence-corrected chi connectivity index (χ1v) is 7.35. The lowest BCUT2D eigenvalue weighted by Crippen LogP contribution is -1.97. The average molecular weight is 235 g/mol. The van der Waals surface area contributed by atoms with Gasteiger partial charge in [-0.25, -0.2) is 0 Å². The van der Waals surface area contributed by atoms with Crippen LogP contribution in [0.2, 0.25) is 0 Å². The van der Waals surface area contributed by atoms with Gasteiger partial charge >= 0.3 is 5.97 Å². The van der Waals surface area contributed by atoms with Crippen molar-refractivity contribution >= 4 is 47.3 Å². The molecular formula is C2H6BrO2P3. The van der Waals surface area contributed by atoms with Crippen LogP contribution in [-0.2, 0) is 9.32 Å². The summed E-state index contributed by atoms with van der Waals surface area (Å²) in [4.78, 5) is 10.3. The maximum atomic E-state index is 10.3. The predicted octanol–water partition coefficient (Wildman–Crippen LogP) is 1.90.